The first-order valence-corrected chi connectivity index (χ1v) is 6.33. The Hall–Kier alpha value is -0.120. The molecule has 3 heteroatoms. The lowest BCUT2D eigenvalue weighted by Gasteiger charge is -2.30. The van der Waals surface area contributed by atoms with Gasteiger partial charge < -0.3 is 15.5 Å². The Bertz CT molecular complexity index is 207. The summed E-state index contributed by atoms with van der Waals surface area (Å²) >= 11 is 0. The van der Waals surface area contributed by atoms with Crippen molar-refractivity contribution >= 4 is 0 Å². The van der Waals surface area contributed by atoms with E-state index in [0.29, 0.717) is 6.04 Å². The Kier molecular flexibility index (Phi) is 3.65. The number of likely N-dealkylation sites (N-methyl/N-ethyl adjacent to an activating group) is 2. The fourth-order valence-corrected chi connectivity index (χ4v) is 3.08. The molecule has 88 valence electrons. The highest BCUT2D eigenvalue weighted by molar-refractivity contribution is 4.87. The molecule has 0 radical (unpaired) electrons. The second-order valence-corrected chi connectivity index (χ2v) is 5.44. The van der Waals surface area contributed by atoms with E-state index in [2.05, 4.69) is 23.9 Å². The molecule has 1 aliphatic heterocycles. The third kappa shape index (κ3) is 2.71. The van der Waals surface area contributed by atoms with E-state index < -0.39 is 0 Å². The Balaban J connectivity index is 1.78. The van der Waals surface area contributed by atoms with Gasteiger partial charge in [0.05, 0.1) is 0 Å². The lowest BCUT2D eigenvalue weighted by Crippen LogP contribution is -2.41. The molecule has 0 aromatic carbocycles. The van der Waals surface area contributed by atoms with Gasteiger partial charge in [0.25, 0.3) is 0 Å². The molecule has 0 aromatic heterocycles. The largest absolute Gasteiger partial charge is 0.328 e. The molecule has 1 saturated carbocycles. The molecule has 2 rings (SSSR count). The zero-order valence-electron chi connectivity index (χ0n) is 10.2. The van der Waals surface area contributed by atoms with Crippen LogP contribution in [0, 0.1) is 0 Å². The van der Waals surface area contributed by atoms with Gasteiger partial charge in [0.1, 0.15) is 0 Å². The van der Waals surface area contributed by atoms with Gasteiger partial charge >= 0.3 is 0 Å². The molecule has 3 atom stereocenters. The zero-order valence-corrected chi connectivity index (χ0v) is 10.2. The van der Waals surface area contributed by atoms with Crippen LogP contribution in [0.5, 0.6) is 0 Å². The quantitative estimate of drug-likeness (QED) is 0.752. The predicted molar refractivity (Wildman–Crippen MR) is 63.9 cm³/mol. The van der Waals surface area contributed by atoms with Crippen molar-refractivity contribution in [2.75, 3.05) is 27.2 Å². The highest BCUT2D eigenvalue weighted by Crippen LogP contribution is 2.24. The first kappa shape index (κ1) is 11.4. The predicted octanol–water partition coefficient (Wildman–Crippen LogP) is 0.892. The molecule has 3 unspecified atom stereocenters. The normalized spacial score (nSPS) is 38.0. The van der Waals surface area contributed by atoms with E-state index in [1.807, 2.05) is 0 Å². The summed E-state index contributed by atoms with van der Waals surface area (Å²) in [5.41, 5.74) is 5.96. The van der Waals surface area contributed by atoms with Crippen molar-refractivity contribution < 1.29 is 0 Å². The van der Waals surface area contributed by atoms with E-state index in [1.54, 1.807) is 0 Å². The van der Waals surface area contributed by atoms with Gasteiger partial charge in [-0.15, -0.1) is 0 Å². The minimum Gasteiger partial charge on any atom is -0.328 e. The lowest BCUT2D eigenvalue weighted by molar-refractivity contribution is 0.177. The summed E-state index contributed by atoms with van der Waals surface area (Å²) in [6.07, 6.45) is 6.47. The topological polar surface area (TPSA) is 32.5 Å². The lowest BCUT2D eigenvalue weighted by atomic mass is 10.1. The standard InChI is InChI=1S/C12H25N3/c1-14-7-3-4-12(14)9-15(2)11-6-5-10(13)8-11/h10-12H,3-9,13H2,1-2H3. The summed E-state index contributed by atoms with van der Waals surface area (Å²) in [5.74, 6) is 0. The summed E-state index contributed by atoms with van der Waals surface area (Å²) in [5, 5.41) is 0. The second kappa shape index (κ2) is 4.81. The van der Waals surface area contributed by atoms with Gasteiger partial charge in [-0.1, -0.05) is 0 Å². The fourth-order valence-electron chi connectivity index (χ4n) is 3.08. The number of nitrogens with zero attached hydrogens (tertiary/aromatic N) is 2. The van der Waals surface area contributed by atoms with E-state index in [0.717, 1.165) is 12.1 Å². The van der Waals surface area contributed by atoms with Gasteiger partial charge in [0, 0.05) is 24.7 Å². The van der Waals surface area contributed by atoms with E-state index in [-0.39, 0.29) is 0 Å². The second-order valence-electron chi connectivity index (χ2n) is 5.44. The van der Waals surface area contributed by atoms with Crippen molar-refractivity contribution in [2.24, 2.45) is 5.73 Å². The maximum absolute atomic E-state index is 5.96. The average molecular weight is 211 g/mol. The molecule has 2 N–H and O–H groups in total. The van der Waals surface area contributed by atoms with Crippen LogP contribution in [0.4, 0.5) is 0 Å². The van der Waals surface area contributed by atoms with Gasteiger partial charge in [0.2, 0.25) is 0 Å². The molecule has 0 spiro atoms. The SMILES string of the molecule is CN1CCCC1CN(C)C1CCC(N)C1. The molecule has 2 aliphatic rings. The van der Waals surface area contributed by atoms with Crippen LogP contribution < -0.4 is 5.73 Å². The van der Waals surface area contributed by atoms with Crippen molar-refractivity contribution in [3.8, 4) is 0 Å². The molecule has 3 nitrogen and oxygen atoms in total. The van der Waals surface area contributed by atoms with Gasteiger partial charge in [-0.25, -0.2) is 0 Å². The van der Waals surface area contributed by atoms with Crippen LogP contribution in [-0.4, -0.2) is 55.1 Å². The monoisotopic (exact) mass is 211 g/mol. The van der Waals surface area contributed by atoms with Crippen molar-refractivity contribution in [3.05, 3.63) is 0 Å². The molecule has 0 amide bonds. The summed E-state index contributed by atoms with van der Waals surface area (Å²) < 4.78 is 0. The number of likely N-dealkylation sites (tertiary alicyclic amines) is 1. The van der Waals surface area contributed by atoms with E-state index >= 15 is 0 Å². The molecule has 0 aromatic rings. The van der Waals surface area contributed by atoms with Gasteiger partial charge in [-0.05, 0) is 52.7 Å². The van der Waals surface area contributed by atoms with E-state index in [4.69, 9.17) is 5.73 Å². The van der Waals surface area contributed by atoms with Crippen LogP contribution in [-0.2, 0) is 0 Å². The molecule has 15 heavy (non-hydrogen) atoms. The Morgan fingerprint density at radius 1 is 1.33 bits per heavy atom. The summed E-state index contributed by atoms with van der Waals surface area (Å²) in [6, 6.07) is 1.99. The smallest absolute Gasteiger partial charge is 0.0220 e. The molecule has 0 bridgehead atoms. The van der Waals surface area contributed by atoms with Gasteiger partial charge in [-0.2, -0.15) is 0 Å². The highest BCUT2D eigenvalue weighted by atomic mass is 15.2. The number of nitrogens with two attached hydrogens (primary N) is 1. The number of hydrogen-bond acceptors (Lipinski definition) is 3. The van der Waals surface area contributed by atoms with Gasteiger partial charge in [-0.3, -0.25) is 0 Å². The molecule has 1 aliphatic carbocycles. The Morgan fingerprint density at radius 2 is 2.13 bits per heavy atom. The van der Waals surface area contributed by atoms with Crippen molar-refractivity contribution in [3.63, 3.8) is 0 Å². The molecule has 2 fully saturated rings. The van der Waals surface area contributed by atoms with Crippen molar-refractivity contribution in [1.82, 2.24) is 9.80 Å². The van der Waals surface area contributed by atoms with Crippen LogP contribution in [0.25, 0.3) is 0 Å². The maximum Gasteiger partial charge on any atom is 0.0220 e. The summed E-state index contributed by atoms with van der Waals surface area (Å²) in [4.78, 5) is 5.05. The van der Waals surface area contributed by atoms with Crippen molar-refractivity contribution in [1.29, 1.82) is 0 Å². The Labute approximate surface area is 93.6 Å². The average Bonchev–Trinajstić information content (AvgIpc) is 2.77. The van der Waals surface area contributed by atoms with E-state index in [1.165, 1.54) is 45.2 Å². The molecule has 1 saturated heterocycles. The molecule has 1 heterocycles. The summed E-state index contributed by atoms with van der Waals surface area (Å²) in [7, 11) is 4.53. The third-order valence-corrected chi connectivity index (χ3v) is 4.24. The number of rotatable bonds is 3. The molecular weight excluding hydrogens is 186 g/mol. The van der Waals surface area contributed by atoms with Crippen LogP contribution >= 0.6 is 0 Å². The zero-order chi connectivity index (χ0) is 10.8. The van der Waals surface area contributed by atoms with E-state index in [9.17, 15) is 0 Å². The summed E-state index contributed by atoms with van der Waals surface area (Å²) in [6.45, 7) is 2.51. The molecular formula is C12H25N3. The van der Waals surface area contributed by atoms with Crippen LogP contribution in [0.2, 0.25) is 0 Å². The fraction of sp³-hybridized carbons (Fsp3) is 1.00. The van der Waals surface area contributed by atoms with Gasteiger partial charge in [0.15, 0.2) is 0 Å². The maximum atomic E-state index is 5.96. The minimum absolute atomic E-state index is 0.457. The minimum atomic E-state index is 0.457. The van der Waals surface area contributed by atoms with Crippen LogP contribution in [0.1, 0.15) is 32.1 Å². The first-order valence-electron chi connectivity index (χ1n) is 6.33. The first-order chi connectivity index (χ1) is 7.16. The number of hydrogen-bond donors (Lipinski definition) is 1. The third-order valence-electron chi connectivity index (χ3n) is 4.24. The van der Waals surface area contributed by atoms with Crippen LogP contribution in [0.3, 0.4) is 0 Å². The highest BCUT2D eigenvalue weighted by Gasteiger charge is 2.28. The van der Waals surface area contributed by atoms with Crippen LogP contribution in [0.15, 0.2) is 0 Å². The van der Waals surface area contributed by atoms with Crippen molar-refractivity contribution in [2.45, 2.75) is 50.2 Å². The Morgan fingerprint density at radius 3 is 2.67 bits per heavy atom.